The van der Waals surface area contributed by atoms with Crippen LogP contribution in [0.15, 0.2) is 41.3 Å². The quantitative estimate of drug-likeness (QED) is 0.890. The lowest BCUT2D eigenvalue weighted by atomic mass is 10.2. The van der Waals surface area contributed by atoms with Gasteiger partial charge in [0.1, 0.15) is 5.56 Å². The van der Waals surface area contributed by atoms with Gasteiger partial charge in [-0.25, -0.2) is 13.1 Å². The van der Waals surface area contributed by atoms with Gasteiger partial charge in [-0.1, -0.05) is 40.9 Å². The molecule has 0 radical (unpaired) electrons. The summed E-state index contributed by atoms with van der Waals surface area (Å²) < 4.78 is 31.6. The average molecular weight is 374 g/mol. The molecule has 23 heavy (non-hydrogen) atoms. The van der Waals surface area contributed by atoms with Crippen LogP contribution in [-0.4, -0.2) is 21.4 Å². The van der Waals surface area contributed by atoms with Crippen LogP contribution >= 0.6 is 23.2 Å². The van der Waals surface area contributed by atoms with E-state index in [1.54, 1.807) is 12.1 Å². The van der Waals surface area contributed by atoms with E-state index in [9.17, 15) is 13.2 Å². The molecule has 2 aromatic rings. The molecule has 0 saturated heterocycles. The molecule has 0 spiro atoms. The van der Waals surface area contributed by atoms with Crippen LogP contribution in [0, 0.1) is 6.92 Å². The van der Waals surface area contributed by atoms with E-state index >= 15 is 0 Å². The second kappa shape index (κ2) is 6.78. The Morgan fingerprint density at radius 3 is 2.17 bits per heavy atom. The lowest BCUT2D eigenvalue weighted by Crippen LogP contribution is -2.31. The number of carbonyl (C=O) groups is 1. The SMILES string of the molecule is COc1c(Cl)ccc(Cl)c1C(=O)NS(=O)(=O)c1ccc(C)cc1. The standard InChI is InChI=1S/C15H13Cl2NO4S/c1-9-3-5-10(6-4-9)23(20,21)18-15(19)13-11(16)7-8-12(17)14(13)22-2/h3-8H,1-2H3,(H,18,19). The molecule has 5 nitrogen and oxygen atoms in total. The number of hydrogen-bond donors (Lipinski definition) is 1. The number of hydrogen-bond acceptors (Lipinski definition) is 4. The van der Waals surface area contributed by atoms with Crippen LogP contribution in [0.1, 0.15) is 15.9 Å². The molecule has 1 N–H and O–H groups in total. The summed E-state index contributed by atoms with van der Waals surface area (Å²) in [5, 5.41) is 0.178. The molecule has 0 saturated carbocycles. The van der Waals surface area contributed by atoms with Gasteiger partial charge in [0.25, 0.3) is 15.9 Å². The molecule has 0 aliphatic carbocycles. The fourth-order valence-corrected chi connectivity index (χ4v) is 3.32. The van der Waals surface area contributed by atoms with Crippen molar-refractivity contribution in [1.29, 1.82) is 0 Å². The van der Waals surface area contributed by atoms with Crippen molar-refractivity contribution in [3.05, 3.63) is 57.6 Å². The van der Waals surface area contributed by atoms with Gasteiger partial charge in [0.2, 0.25) is 0 Å². The first-order valence-corrected chi connectivity index (χ1v) is 8.66. The second-order valence-electron chi connectivity index (χ2n) is 4.69. The number of aryl methyl sites for hydroxylation is 1. The Morgan fingerprint density at radius 1 is 1.04 bits per heavy atom. The zero-order chi connectivity index (χ0) is 17.2. The fraction of sp³-hybridized carbons (Fsp3) is 0.133. The summed E-state index contributed by atoms with van der Waals surface area (Å²) in [7, 11) is -2.73. The highest BCUT2D eigenvalue weighted by atomic mass is 35.5. The van der Waals surface area contributed by atoms with Crippen LogP contribution in [0.25, 0.3) is 0 Å². The monoisotopic (exact) mass is 373 g/mol. The van der Waals surface area contributed by atoms with Crippen molar-refractivity contribution in [2.24, 2.45) is 0 Å². The Morgan fingerprint density at radius 2 is 1.61 bits per heavy atom. The predicted molar refractivity (Wildman–Crippen MR) is 88.8 cm³/mol. The average Bonchev–Trinajstić information content (AvgIpc) is 2.49. The zero-order valence-corrected chi connectivity index (χ0v) is 14.6. The first kappa shape index (κ1) is 17.6. The molecule has 0 aliphatic rings. The van der Waals surface area contributed by atoms with E-state index in [-0.39, 0.29) is 26.3 Å². The molecule has 0 bridgehead atoms. The molecule has 0 fully saturated rings. The van der Waals surface area contributed by atoms with Crippen molar-refractivity contribution in [3.63, 3.8) is 0 Å². The lowest BCUT2D eigenvalue weighted by Gasteiger charge is -2.12. The van der Waals surface area contributed by atoms with Crippen LogP contribution in [0.4, 0.5) is 0 Å². The Hall–Kier alpha value is -1.76. The Balaban J connectivity index is 2.39. The van der Waals surface area contributed by atoms with Gasteiger partial charge in [-0.2, -0.15) is 0 Å². The molecule has 8 heteroatoms. The van der Waals surface area contributed by atoms with Gasteiger partial charge < -0.3 is 4.74 Å². The summed E-state index contributed by atoms with van der Waals surface area (Å²) in [4.78, 5) is 12.3. The third kappa shape index (κ3) is 3.77. The summed E-state index contributed by atoms with van der Waals surface area (Å²) in [6, 6.07) is 8.91. The van der Waals surface area contributed by atoms with E-state index in [2.05, 4.69) is 0 Å². The fourth-order valence-electron chi connectivity index (χ4n) is 1.89. The number of ether oxygens (including phenoxy) is 1. The second-order valence-corrected chi connectivity index (χ2v) is 7.18. The normalized spacial score (nSPS) is 11.1. The van der Waals surface area contributed by atoms with E-state index in [1.165, 1.54) is 31.4 Å². The molecular weight excluding hydrogens is 361 g/mol. The molecular formula is C15H13Cl2NO4S. The maximum atomic E-state index is 12.3. The maximum Gasteiger partial charge on any atom is 0.270 e. The minimum absolute atomic E-state index is 0.00997. The van der Waals surface area contributed by atoms with E-state index in [4.69, 9.17) is 27.9 Å². The Labute approximate surface area is 144 Å². The van der Waals surface area contributed by atoms with Crippen molar-refractivity contribution in [3.8, 4) is 5.75 Å². The molecule has 2 aromatic carbocycles. The van der Waals surface area contributed by atoms with Crippen LogP contribution in [-0.2, 0) is 10.0 Å². The molecule has 2 rings (SSSR count). The largest absolute Gasteiger partial charge is 0.494 e. The van der Waals surface area contributed by atoms with Crippen molar-refractivity contribution >= 4 is 39.1 Å². The van der Waals surface area contributed by atoms with Crippen molar-refractivity contribution in [2.75, 3.05) is 7.11 Å². The molecule has 1 amide bonds. The van der Waals surface area contributed by atoms with E-state index in [0.29, 0.717) is 0 Å². The van der Waals surface area contributed by atoms with E-state index in [0.717, 1.165) is 5.56 Å². The van der Waals surface area contributed by atoms with Crippen LogP contribution in [0.2, 0.25) is 10.0 Å². The highest BCUT2D eigenvalue weighted by Gasteiger charge is 2.24. The molecule has 0 unspecified atom stereocenters. The van der Waals surface area contributed by atoms with Crippen molar-refractivity contribution < 1.29 is 17.9 Å². The van der Waals surface area contributed by atoms with Gasteiger partial charge >= 0.3 is 0 Å². The summed E-state index contributed by atoms with van der Waals surface area (Å²) in [5.41, 5.74) is 0.757. The number of benzene rings is 2. The van der Waals surface area contributed by atoms with Gasteiger partial charge in [0.05, 0.1) is 22.1 Å². The van der Waals surface area contributed by atoms with Gasteiger partial charge in [0.15, 0.2) is 5.75 Å². The summed E-state index contributed by atoms with van der Waals surface area (Å²) in [5.74, 6) is -0.911. The number of halogens is 2. The molecule has 0 heterocycles. The van der Waals surface area contributed by atoms with Gasteiger partial charge in [-0.15, -0.1) is 0 Å². The van der Waals surface area contributed by atoms with Crippen LogP contribution in [0.5, 0.6) is 5.75 Å². The number of nitrogens with one attached hydrogen (secondary N) is 1. The van der Waals surface area contributed by atoms with Crippen LogP contribution in [0.3, 0.4) is 0 Å². The molecule has 0 aromatic heterocycles. The van der Waals surface area contributed by atoms with Gasteiger partial charge in [0, 0.05) is 0 Å². The first-order chi connectivity index (χ1) is 10.8. The van der Waals surface area contributed by atoms with E-state index < -0.39 is 15.9 Å². The molecule has 122 valence electrons. The summed E-state index contributed by atoms with van der Waals surface area (Å²) in [6.45, 7) is 1.82. The predicted octanol–water partition coefficient (Wildman–Crippen LogP) is 3.43. The molecule has 0 atom stereocenters. The summed E-state index contributed by atoms with van der Waals surface area (Å²) >= 11 is 11.9. The third-order valence-corrected chi connectivity index (χ3v) is 5.01. The zero-order valence-electron chi connectivity index (χ0n) is 12.3. The Bertz CT molecular complexity index is 849. The smallest absolute Gasteiger partial charge is 0.270 e. The Kier molecular flexibility index (Phi) is 5.19. The first-order valence-electron chi connectivity index (χ1n) is 6.42. The number of sulfonamides is 1. The van der Waals surface area contributed by atoms with Crippen molar-refractivity contribution in [2.45, 2.75) is 11.8 Å². The number of carbonyl (C=O) groups excluding carboxylic acids is 1. The minimum atomic E-state index is -4.04. The van der Waals surface area contributed by atoms with Crippen molar-refractivity contribution in [1.82, 2.24) is 4.72 Å². The molecule has 0 aliphatic heterocycles. The number of methoxy groups -OCH3 is 1. The highest BCUT2D eigenvalue weighted by molar-refractivity contribution is 7.90. The summed E-state index contributed by atoms with van der Waals surface area (Å²) in [6.07, 6.45) is 0. The van der Waals surface area contributed by atoms with E-state index in [1.807, 2.05) is 11.6 Å². The minimum Gasteiger partial charge on any atom is -0.494 e. The lowest BCUT2D eigenvalue weighted by molar-refractivity contribution is 0.0978. The third-order valence-electron chi connectivity index (χ3n) is 3.05. The van der Waals surface area contributed by atoms with Gasteiger partial charge in [-0.3, -0.25) is 4.79 Å². The maximum absolute atomic E-state index is 12.3. The van der Waals surface area contributed by atoms with Gasteiger partial charge in [-0.05, 0) is 31.2 Å². The topological polar surface area (TPSA) is 72.5 Å². The number of amides is 1. The number of rotatable bonds is 4. The van der Waals surface area contributed by atoms with Crippen LogP contribution < -0.4 is 9.46 Å². The highest BCUT2D eigenvalue weighted by Crippen LogP contribution is 2.33.